The van der Waals surface area contributed by atoms with Gasteiger partial charge in [0.25, 0.3) is 0 Å². The van der Waals surface area contributed by atoms with Crippen LogP contribution < -0.4 is 4.90 Å². The highest BCUT2D eigenvalue weighted by Crippen LogP contribution is 2.56. The molecule has 0 radical (unpaired) electrons. The molecule has 1 heterocycles. The highest BCUT2D eigenvalue weighted by molar-refractivity contribution is 6.22. The maximum Gasteiger partial charge on any atom is 0.335 e. The Morgan fingerprint density at radius 2 is 1.61 bits per heavy atom. The van der Waals surface area contributed by atoms with E-state index in [1.54, 1.807) is 0 Å². The van der Waals surface area contributed by atoms with Crippen LogP contribution in [0, 0.1) is 23.7 Å². The zero-order valence-electron chi connectivity index (χ0n) is 12.0. The van der Waals surface area contributed by atoms with Crippen LogP contribution in [-0.2, 0) is 9.59 Å². The second kappa shape index (κ2) is 4.62. The Balaban J connectivity index is 1.73. The molecule has 2 amide bonds. The Labute approximate surface area is 131 Å². The van der Waals surface area contributed by atoms with E-state index in [4.69, 9.17) is 5.11 Å². The summed E-state index contributed by atoms with van der Waals surface area (Å²) in [5.41, 5.74) is 0.209. The van der Waals surface area contributed by atoms with Gasteiger partial charge in [0.1, 0.15) is 0 Å². The molecule has 2 aliphatic carbocycles. The van der Waals surface area contributed by atoms with Gasteiger partial charge in [-0.05, 0) is 24.6 Å². The van der Waals surface area contributed by atoms with E-state index in [-0.39, 0.29) is 11.3 Å². The van der Waals surface area contributed by atoms with Gasteiger partial charge in [0.05, 0.1) is 35.3 Å². The molecule has 3 N–H and O–H groups in total. The third-order valence-electron chi connectivity index (χ3n) is 5.44. The maximum atomic E-state index is 12.7. The molecule has 23 heavy (non-hydrogen) atoms. The summed E-state index contributed by atoms with van der Waals surface area (Å²) >= 11 is 0. The molecular formula is C16H15NO6. The number of carbonyl (C=O) groups excluding carboxylic acids is 2. The first kappa shape index (κ1) is 14.3. The number of carboxylic acids is 1. The number of fused-ring (bicyclic) bond motifs is 5. The Morgan fingerprint density at radius 1 is 1.04 bits per heavy atom. The molecule has 1 aromatic rings. The van der Waals surface area contributed by atoms with Crippen LogP contribution in [-0.4, -0.2) is 45.3 Å². The van der Waals surface area contributed by atoms with Crippen molar-refractivity contribution in [2.75, 3.05) is 4.90 Å². The minimum absolute atomic E-state index is 0.0109. The van der Waals surface area contributed by atoms with E-state index < -0.39 is 53.7 Å². The summed E-state index contributed by atoms with van der Waals surface area (Å²) in [7, 11) is 0. The van der Waals surface area contributed by atoms with Crippen molar-refractivity contribution in [1.82, 2.24) is 0 Å². The van der Waals surface area contributed by atoms with Crippen molar-refractivity contribution in [2.45, 2.75) is 18.6 Å². The fraction of sp³-hybridized carbons (Fsp3) is 0.438. The summed E-state index contributed by atoms with van der Waals surface area (Å²) in [6.45, 7) is 0. The van der Waals surface area contributed by atoms with Crippen LogP contribution in [0.2, 0.25) is 0 Å². The topological polar surface area (TPSA) is 115 Å². The molecule has 3 fully saturated rings. The molecule has 1 aliphatic heterocycles. The summed E-state index contributed by atoms with van der Waals surface area (Å²) in [6.07, 6.45) is -1.50. The van der Waals surface area contributed by atoms with Crippen molar-refractivity contribution in [3.8, 4) is 0 Å². The summed E-state index contributed by atoms with van der Waals surface area (Å²) in [6, 6.07) is 5.66. The fourth-order valence-electron chi connectivity index (χ4n) is 4.46. The van der Waals surface area contributed by atoms with E-state index in [0.29, 0.717) is 6.42 Å². The lowest BCUT2D eigenvalue weighted by atomic mass is 9.78. The molecular weight excluding hydrogens is 302 g/mol. The third-order valence-corrected chi connectivity index (χ3v) is 5.44. The number of anilines is 1. The lowest BCUT2D eigenvalue weighted by Gasteiger charge is -2.29. The van der Waals surface area contributed by atoms with Gasteiger partial charge in [0.2, 0.25) is 11.8 Å². The van der Waals surface area contributed by atoms with Gasteiger partial charge in [-0.25, -0.2) is 4.79 Å². The lowest BCUT2D eigenvalue weighted by molar-refractivity contribution is -0.129. The smallest absolute Gasteiger partial charge is 0.335 e. The van der Waals surface area contributed by atoms with Crippen molar-refractivity contribution in [1.29, 1.82) is 0 Å². The van der Waals surface area contributed by atoms with Gasteiger partial charge in [-0.1, -0.05) is 6.07 Å². The SMILES string of the molecule is O=C(O)c1cccc(N2C(=O)[C@@H]3[C@@H]4C[C@H]([C@H](O)[C@H]4O)[C@@H]3C2=O)c1. The molecule has 0 unspecified atom stereocenters. The van der Waals surface area contributed by atoms with Gasteiger partial charge in [-0.2, -0.15) is 0 Å². The number of aromatic carboxylic acids is 1. The van der Waals surface area contributed by atoms with Crippen LogP contribution >= 0.6 is 0 Å². The fourth-order valence-corrected chi connectivity index (χ4v) is 4.46. The van der Waals surface area contributed by atoms with Gasteiger partial charge >= 0.3 is 5.97 Å². The number of aliphatic hydroxyl groups is 2. The molecule has 2 bridgehead atoms. The first-order valence-corrected chi connectivity index (χ1v) is 7.49. The number of nitrogens with zero attached hydrogens (tertiary/aromatic N) is 1. The first-order valence-electron chi connectivity index (χ1n) is 7.49. The van der Waals surface area contributed by atoms with Crippen molar-refractivity contribution >= 4 is 23.5 Å². The quantitative estimate of drug-likeness (QED) is 0.654. The van der Waals surface area contributed by atoms with Gasteiger partial charge in [-0.3, -0.25) is 14.5 Å². The third kappa shape index (κ3) is 1.74. The predicted octanol–water partition coefficient (Wildman–Crippen LogP) is -0.138. The van der Waals surface area contributed by atoms with Gasteiger partial charge in [-0.15, -0.1) is 0 Å². The molecule has 7 nitrogen and oxygen atoms in total. The van der Waals surface area contributed by atoms with E-state index in [2.05, 4.69) is 0 Å². The molecule has 1 saturated heterocycles. The van der Waals surface area contributed by atoms with Crippen LogP contribution in [0.1, 0.15) is 16.8 Å². The molecule has 2 saturated carbocycles. The zero-order valence-corrected chi connectivity index (χ0v) is 12.0. The maximum absolute atomic E-state index is 12.7. The number of carboxylic acid groups (broad SMARTS) is 1. The summed E-state index contributed by atoms with van der Waals surface area (Å²) in [5.74, 6) is -4.05. The van der Waals surface area contributed by atoms with E-state index >= 15 is 0 Å². The molecule has 120 valence electrons. The Kier molecular flexibility index (Phi) is 2.88. The number of imide groups is 1. The largest absolute Gasteiger partial charge is 0.478 e. The minimum Gasteiger partial charge on any atom is -0.478 e. The van der Waals surface area contributed by atoms with E-state index in [9.17, 15) is 24.6 Å². The highest BCUT2D eigenvalue weighted by atomic mass is 16.4. The van der Waals surface area contributed by atoms with Crippen LogP contribution in [0.25, 0.3) is 0 Å². The van der Waals surface area contributed by atoms with Crippen molar-refractivity contribution in [3.05, 3.63) is 29.8 Å². The van der Waals surface area contributed by atoms with E-state index in [1.807, 2.05) is 0 Å². The van der Waals surface area contributed by atoms with Crippen molar-refractivity contribution < 1.29 is 29.7 Å². The number of hydrogen-bond donors (Lipinski definition) is 3. The molecule has 3 aliphatic rings. The highest BCUT2D eigenvalue weighted by Gasteiger charge is 2.67. The second-order valence-corrected chi connectivity index (χ2v) is 6.46. The van der Waals surface area contributed by atoms with Gasteiger partial charge < -0.3 is 15.3 Å². The standard InChI is InChI=1S/C16H15NO6/c18-12-8-5-9(13(12)19)11-10(8)14(20)17(15(11)21)7-3-1-2-6(4-7)16(22)23/h1-4,8-13,18-19H,5H2,(H,22,23)/t8-,9-,10-,11+,12-,13-/m0/s1. The number of aliphatic hydroxyl groups excluding tert-OH is 2. The molecule has 4 rings (SSSR count). The molecule has 6 atom stereocenters. The van der Waals surface area contributed by atoms with Gasteiger partial charge in [0, 0.05) is 11.8 Å². The Morgan fingerprint density at radius 3 is 2.13 bits per heavy atom. The molecule has 0 aromatic heterocycles. The van der Waals surface area contributed by atoms with Crippen LogP contribution in [0.15, 0.2) is 24.3 Å². The number of hydrogen-bond acceptors (Lipinski definition) is 5. The normalized spacial score (nSPS) is 38.3. The van der Waals surface area contributed by atoms with Crippen molar-refractivity contribution in [2.24, 2.45) is 23.7 Å². The zero-order chi connectivity index (χ0) is 16.5. The average Bonchev–Trinajstić information content (AvgIpc) is 3.12. The number of benzene rings is 1. The minimum atomic E-state index is -1.14. The van der Waals surface area contributed by atoms with Crippen molar-refractivity contribution in [3.63, 3.8) is 0 Å². The predicted molar refractivity (Wildman–Crippen MR) is 76.5 cm³/mol. The number of carbonyl (C=O) groups is 3. The molecule has 7 heteroatoms. The van der Waals surface area contributed by atoms with Crippen LogP contribution in [0.5, 0.6) is 0 Å². The average molecular weight is 317 g/mol. The first-order chi connectivity index (χ1) is 10.9. The van der Waals surface area contributed by atoms with Crippen LogP contribution in [0.3, 0.4) is 0 Å². The summed E-state index contributed by atoms with van der Waals surface area (Å²) in [4.78, 5) is 37.5. The molecule has 1 aromatic carbocycles. The summed E-state index contributed by atoms with van der Waals surface area (Å²) < 4.78 is 0. The van der Waals surface area contributed by atoms with E-state index in [0.717, 1.165) is 4.90 Å². The monoisotopic (exact) mass is 317 g/mol. The van der Waals surface area contributed by atoms with Gasteiger partial charge in [0.15, 0.2) is 0 Å². The number of rotatable bonds is 2. The lowest BCUT2D eigenvalue weighted by Crippen LogP contribution is -2.43. The summed E-state index contributed by atoms with van der Waals surface area (Å²) in [5, 5.41) is 29.1. The number of amides is 2. The van der Waals surface area contributed by atoms with E-state index in [1.165, 1.54) is 24.3 Å². The Bertz CT molecular complexity index is 699. The Hall–Kier alpha value is -2.25. The molecule has 0 spiro atoms. The van der Waals surface area contributed by atoms with Crippen LogP contribution in [0.4, 0.5) is 5.69 Å². The second-order valence-electron chi connectivity index (χ2n) is 6.46.